The molecule has 29 heavy (non-hydrogen) atoms. The molecule has 2 N–H and O–H groups in total. The Morgan fingerprint density at radius 3 is 2.14 bits per heavy atom. The largest absolute Gasteiger partial charge is 0.872 e. The molecule has 0 aliphatic rings. The van der Waals surface area contributed by atoms with Crippen LogP contribution in [0.3, 0.4) is 0 Å². The van der Waals surface area contributed by atoms with Crippen LogP contribution in [-0.4, -0.2) is 18.4 Å². The third-order valence-corrected chi connectivity index (χ3v) is 5.91. The van der Waals surface area contributed by atoms with E-state index >= 15 is 0 Å². The number of hydrogen-bond donors (Lipinski definition) is 2. The minimum Gasteiger partial charge on any atom is -0.872 e. The number of rotatable bonds is 5. The van der Waals surface area contributed by atoms with E-state index in [9.17, 15) is 13.5 Å². The minimum absolute atomic E-state index is 0.0305. The Morgan fingerprint density at radius 2 is 1.48 bits per heavy atom. The zero-order valence-corrected chi connectivity index (χ0v) is 17.2. The van der Waals surface area contributed by atoms with Crippen molar-refractivity contribution in [1.29, 1.82) is 0 Å². The fourth-order valence-electron chi connectivity index (χ4n) is 2.67. The Hall–Kier alpha value is -3.17. The molecule has 0 fully saturated rings. The zero-order chi connectivity index (χ0) is 20.4. The normalized spacial score (nSPS) is 11.3. The van der Waals surface area contributed by atoms with Gasteiger partial charge < -0.3 is 10.4 Å². The maximum atomic E-state index is 12.8. The topological polar surface area (TPSA) is 107 Å². The van der Waals surface area contributed by atoms with Crippen molar-refractivity contribution in [2.75, 3.05) is 10.0 Å². The van der Waals surface area contributed by atoms with Crippen LogP contribution in [0.4, 0.5) is 17.3 Å². The number of halogens is 1. The predicted octanol–water partition coefficient (Wildman–Crippen LogP) is 4.01. The first-order valence-electron chi connectivity index (χ1n) is 8.50. The molecule has 1 aromatic heterocycles. The van der Waals surface area contributed by atoms with Crippen molar-refractivity contribution in [2.45, 2.75) is 4.90 Å². The third-order valence-electron chi connectivity index (χ3n) is 4.02. The van der Waals surface area contributed by atoms with Gasteiger partial charge in [-0.25, -0.2) is 18.4 Å². The molecule has 0 saturated carbocycles. The van der Waals surface area contributed by atoms with E-state index < -0.39 is 10.0 Å². The van der Waals surface area contributed by atoms with Crippen molar-refractivity contribution in [3.63, 3.8) is 0 Å². The van der Waals surface area contributed by atoms with E-state index in [-0.39, 0.29) is 22.3 Å². The second kappa shape index (κ2) is 7.69. The molecule has 0 spiro atoms. The van der Waals surface area contributed by atoms with Crippen LogP contribution in [0.1, 0.15) is 0 Å². The van der Waals surface area contributed by atoms with Crippen molar-refractivity contribution < 1.29 is 13.5 Å². The van der Waals surface area contributed by atoms with E-state index in [4.69, 9.17) is 0 Å². The van der Waals surface area contributed by atoms with Gasteiger partial charge in [-0.3, -0.25) is 4.72 Å². The number of hydrogen-bond acceptors (Lipinski definition) is 6. The van der Waals surface area contributed by atoms with Gasteiger partial charge in [0.05, 0.1) is 15.9 Å². The molecular weight excluding hydrogens is 456 g/mol. The summed E-state index contributed by atoms with van der Waals surface area (Å²) in [7, 11) is -3.90. The van der Waals surface area contributed by atoms with Gasteiger partial charge in [-0.05, 0) is 48.5 Å². The van der Waals surface area contributed by atoms with Gasteiger partial charge in [0.25, 0.3) is 10.0 Å². The van der Waals surface area contributed by atoms with E-state index in [1.165, 1.54) is 24.3 Å². The van der Waals surface area contributed by atoms with E-state index in [2.05, 4.69) is 35.9 Å². The Kier molecular flexibility index (Phi) is 5.08. The lowest BCUT2D eigenvalue weighted by Gasteiger charge is -2.15. The van der Waals surface area contributed by atoms with Crippen LogP contribution in [0.15, 0.2) is 82.2 Å². The molecule has 0 aliphatic heterocycles. The minimum atomic E-state index is -3.90. The number of para-hydroxylation sites is 2. The predicted molar refractivity (Wildman–Crippen MR) is 114 cm³/mol. The first-order chi connectivity index (χ1) is 13.9. The second-order valence-electron chi connectivity index (χ2n) is 6.12. The summed E-state index contributed by atoms with van der Waals surface area (Å²) in [6, 6.07) is 19.5. The Morgan fingerprint density at radius 1 is 0.828 bits per heavy atom. The first-order valence-corrected chi connectivity index (χ1v) is 10.8. The smallest absolute Gasteiger partial charge is 0.263 e. The van der Waals surface area contributed by atoms with Crippen molar-refractivity contribution in [3.05, 3.63) is 77.3 Å². The van der Waals surface area contributed by atoms with E-state index in [0.29, 0.717) is 16.7 Å². The lowest BCUT2D eigenvalue weighted by Crippen LogP contribution is -2.16. The fraction of sp³-hybridized carbons (Fsp3) is 0. The van der Waals surface area contributed by atoms with Gasteiger partial charge in [-0.2, -0.15) is 0 Å². The summed E-state index contributed by atoms with van der Waals surface area (Å²) in [4.78, 5) is 8.99. The number of benzene rings is 3. The summed E-state index contributed by atoms with van der Waals surface area (Å²) in [6.45, 7) is 0. The molecule has 7 nitrogen and oxygen atoms in total. The number of anilines is 3. The van der Waals surface area contributed by atoms with E-state index in [0.717, 1.165) is 4.47 Å². The van der Waals surface area contributed by atoms with Crippen LogP contribution >= 0.6 is 15.9 Å². The van der Waals surface area contributed by atoms with Gasteiger partial charge in [0, 0.05) is 10.2 Å². The number of nitrogens with one attached hydrogen (secondary N) is 2. The van der Waals surface area contributed by atoms with Gasteiger partial charge in [-0.15, -0.1) is 5.75 Å². The Labute approximate surface area is 175 Å². The lowest BCUT2D eigenvalue weighted by atomic mass is 10.3. The summed E-state index contributed by atoms with van der Waals surface area (Å²) in [6.07, 6.45) is 0. The summed E-state index contributed by atoms with van der Waals surface area (Å²) in [5, 5.41) is 14.6. The van der Waals surface area contributed by atoms with Gasteiger partial charge in [0.1, 0.15) is 0 Å². The van der Waals surface area contributed by atoms with E-state index in [1.54, 1.807) is 42.5 Å². The molecule has 0 atom stereocenters. The second-order valence-corrected chi connectivity index (χ2v) is 8.72. The molecule has 0 radical (unpaired) electrons. The molecule has 0 saturated heterocycles. The SMILES string of the molecule is O=S(=O)(Nc1nc2ccccc2nc1Nc1cccc([O-])c1)c1ccc(Br)cc1. The Balaban J connectivity index is 1.78. The molecule has 0 aliphatic carbocycles. The molecule has 0 amide bonds. The quantitative estimate of drug-likeness (QED) is 0.457. The highest BCUT2D eigenvalue weighted by Crippen LogP contribution is 2.28. The maximum Gasteiger partial charge on any atom is 0.263 e. The number of sulfonamides is 1. The highest BCUT2D eigenvalue weighted by molar-refractivity contribution is 9.10. The van der Waals surface area contributed by atoms with Gasteiger partial charge in [0.2, 0.25) is 0 Å². The molecule has 146 valence electrons. The van der Waals surface area contributed by atoms with Gasteiger partial charge in [0.15, 0.2) is 11.6 Å². The highest BCUT2D eigenvalue weighted by atomic mass is 79.9. The molecule has 1 heterocycles. The molecule has 3 aromatic carbocycles. The number of fused-ring (bicyclic) bond motifs is 1. The molecule has 0 bridgehead atoms. The molecule has 4 aromatic rings. The zero-order valence-electron chi connectivity index (χ0n) is 14.8. The number of aromatic nitrogens is 2. The van der Waals surface area contributed by atoms with Crippen LogP contribution in [0.2, 0.25) is 0 Å². The van der Waals surface area contributed by atoms with Gasteiger partial charge in [-0.1, -0.05) is 40.2 Å². The average molecular weight is 470 g/mol. The summed E-state index contributed by atoms with van der Waals surface area (Å²) in [5.41, 5.74) is 1.59. The summed E-state index contributed by atoms with van der Waals surface area (Å²) < 4.78 is 28.9. The number of nitrogens with zero attached hydrogens (tertiary/aromatic N) is 2. The van der Waals surface area contributed by atoms with Gasteiger partial charge >= 0.3 is 0 Å². The monoisotopic (exact) mass is 469 g/mol. The van der Waals surface area contributed by atoms with Crippen LogP contribution in [0.25, 0.3) is 11.0 Å². The van der Waals surface area contributed by atoms with Crippen LogP contribution in [0, 0.1) is 0 Å². The average Bonchev–Trinajstić information content (AvgIpc) is 2.68. The molecular formula is C20H14BrN4O3S-. The summed E-state index contributed by atoms with van der Waals surface area (Å²) in [5.74, 6) is 0.0404. The van der Waals surface area contributed by atoms with Crippen LogP contribution in [0.5, 0.6) is 5.75 Å². The van der Waals surface area contributed by atoms with Crippen molar-refractivity contribution >= 4 is 54.3 Å². The van der Waals surface area contributed by atoms with E-state index in [1.807, 2.05) is 6.07 Å². The third kappa shape index (κ3) is 4.30. The van der Waals surface area contributed by atoms with Crippen LogP contribution < -0.4 is 15.1 Å². The standard InChI is InChI=1S/C20H15BrN4O3S/c21-13-8-10-16(11-9-13)29(27,28)25-20-19(22-14-4-3-5-15(26)12-14)23-17-6-1-2-7-18(17)24-20/h1-12,26H,(H,22,23)(H,24,25)/p-1. The van der Waals surface area contributed by atoms with Crippen LogP contribution in [-0.2, 0) is 10.0 Å². The fourth-order valence-corrected chi connectivity index (χ4v) is 3.94. The summed E-state index contributed by atoms with van der Waals surface area (Å²) >= 11 is 3.29. The molecule has 9 heteroatoms. The molecule has 0 unspecified atom stereocenters. The van der Waals surface area contributed by atoms with Crippen molar-refractivity contribution in [1.82, 2.24) is 9.97 Å². The van der Waals surface area contributed by atoms with Crippen molar-refractivity contribution in [2.24, 2.45) is 0 Å². The van der Waals surface area contributed by atoms with Crippen molar-refractivity contribution in [3.8, 4) is 5.75 Å². The molecule has 4 rings (SSSR count). The highest BCUT2D eigenvalue weighted by Gasteiger charge is 2.19. The Bertz CT molecular complexity index is 1290. The lowest BCUT2D eigenvalue weighted by molar-refractivity contribution is -0.268. The first kappa shape index (κ1) is 19.2. The maximum absolute atomic E-state index is 12.8.